The maximum Gasteiger partial charge on any atom is 0.249 e. The van der Waals surface area contributed by atoms with Gasteiger partial charge in [-0.1, -0.05) is 0 Å². The number of aliphatic hydroxyl groups is 1. The van der Waals surface area contributed by atoms with Crippen LogP contribution in [-0.4, -0.2) is 22.7 Å². The lowest BCUT2D eigenvalue weighted by molar-refractivity contribution is -0.146. The van der Waals surface area contributed by atoms with Crippen molar-refractivity contribution in [3.8, 4) is 0 Å². The lowest BCUT2D eigenvalue weighted by Crippen LogP contribution is -2.58. The molecular weight excluding hydrogens is 120 g/mol. The fourth-order valence-corrected chi connectivity index (χ4v) is 1.01. The standard InChI is InChI=1S/C5H10N2O2/c6-3-1-5(9,2-3)4(7)8/h3,9H,1-2,6H2,(H2,7,8)/t3-,5+. The van der Waals surface area contributed by atoms with Gasteiger partial charge in [-0.2, -0.15) is 0 Å². The zero-order valence-corrected chi connectivity index (χ0v) is 5.00. The highest BCUT2D eigenvalue weighted by molar-refractivity contribution is 5.84. The summed E-state index contributed by atoms with van der Waals surface area (Å²) < 4.78 is 0. The average Bonchev–Trinajstić information content (AvgIpc) is 1.62. The molecular formula is C5H10N2O2. The minimum Gasteiger partial charge on any atom is -0.380 e. The van der Waals surface area contributed by atoms with Gasteiger partial charge in [0.2, 0.25) is 5.91 Å². The monoisotopic (exact) mass is 130 g/mol. The Balaban J connectivity index is 2.50. The number of hydrogen-bond donors (Lipinski definition) is 3. The molecule has 1 fully saturated rings. The summed E-state index contributed by atoms with van der Waals surface area (Å²) in [6.07, 6.45) is 0.616. The molecule has 1 aliphatic rings. The van der Waals surface area contributed by atoms with Gasteiger partial charge in [0, 0.05) is 18.9 Å². The fourth-order valence-electron chi connectivity index (χ4n) is 1.01. The molecule has 0 aromatic heterocycles. The zero-order chi connectivity index (χ0) is 7.07. The summed E-state index contributed by atoms with van der Waals surface area (Å²) >= 11 is 0. The Morgan fingerprint density at radius 1 is 1.67 bits per heavy atom. The van der Waals surface area contributed by atoms with E-state index in [0.717, 1.165) is 0 Å². The van der Waals surface area contributed by atoms with Crippen LogP contribution >= 0.6 is 0 Å². The SMILES string of the molecule is NC(=O)[C@]1(O)C[C@@H](N)C1. The van der Waals surface area contributed by atoms with E-state index in [1.807, 2.05) is 0 Å². The minimum atomic E-state index is -1.29. The van der Waals surface area contributed by atoms with Gasteiger partial charge in [0.1, 0.15) is 5.60 Å². The zero-order valence-electron chi connectivity index (χ0n) is 5.00. The molecule has 0 atom stereocenters. The number of primary amides is 1. The van der Waals surface area contributed by atoms with Crippen LogP contribution in [0.15, 0.2) is 0 Å². The quantitative estimate of drug-likeness (QED) is 0.396. The maximum absolute atomic E-state index is 10.4. The lowest BCUT2D eigenvalue weighted by atomic mass is 9.76. The van der Waals surface area contributed by atoms with E-state index >= 15 is 0 Å². The first-order valence-electron chi connectivity index (χ1n) is 2.82. The summed E-state index contributed by atoms with van der Waals surface area (Å²) in [7, 11) is 0. The highest BCUT2D eigenvalue weighted by Crippen LogP contribution is 2.29. The third-order valence-corrected chi connectivity index (χ3v) is 1.66. The van der Waals surface area contributed by atoms with Crippen LogP contribution in [-0.2, 0) is 4.79 Å². The van der Waals surface area contributed by atoms with E-state index in [4.69, 9.17) is 16.6 Å². The third kappa shape index (κ3) is 0.906. The molecule has 0 radical (unpaired) electrons. The summed E-state index contributed by atoms with van der Waals surface area (Å²) in [5, 5.41) is 9.10. The van der Waals surface area contributed by atoms with Gasteiger partial charge >= 0.3 is 0 Å². The van der Waals surface area contributed by atoms with Gasteiger partial charge in [0.25, 0.3) is 0 Å². The Morgan fingerprint density at radius 3 is 2.22 bits per heavy atom. The van der Waals surface area contributed by atoms with Crippen LogP contribution in [0.5, 0.6) is 0 Å². The summed E-state index contributed by atoms with van der Waals surface area (Å²) in [6, 6.07) is -0.0532. The van der Waals surface area contributed by atoms with Crippen molar-refractivity contribution < 1.29 is 9.90 Å². The number of carbonyl (C=O) groups is 1. The van der Waals surface area contributed by atoms with Crippen molar-refractivity contribution in [1.82, 2.24) is 0 Å². The van der Waals surface area contributed by atoms with Crippen molar-refractivity contribution in [2.24, 2.45) is 11.5 Å². The summed E-state index contributed by atoms with van der Waals surface area (Å²) in [6.45, 7) is 0. The first kappa shape index (κ1) is 6.51. The van der Waals surface area contributed by atoms with E-state index in [9.17, 15) is 4.79 Å². The van der Waals surface area contributed by atoms with E-state index in [-0.39, 0.29) is 6.04 Å². The first-order valence-corrected chi connectivity index (χ1v) is 2.82. The number of carbonyl (C=O) groups excluding carboxylic acids is 1. The Kier molecular flexibility index (Phi) is 1.22. The van der Waals surface area contributed by atoms with Gasteiger partial charge in [-0.05, 0) is 0 Å². The number of hydrogen-bond acceptors (Lipinski definition) is 3. The molecule has 4 heteroatoms. The average molecular weight is 130 g/mol. The lowest BCUT2D eigenvalue weighted by Gasteiger charge is -2.38. The Labute approximate surface area is 52.8 Å². The molecule has 52 valence electrons. The van der Waals surface area contributed by atoms with Crippen LogP contribution < -0.4 is 11.5 Å². The van der Waals surface area contributed by atoms with E-state index in [1.165, 1.54) is 0 Å². The molecule has 0 aromatic rings. The van der Waals surface area contributed by atoms with Crippen molar-refractivity contribution >= 4 is 5.91 Å². The topological polar surface area (TPSA) is 89.3 Å². The summed E-state index contributed by atoms with van der Waals surface area (Å²) in [5.74, 6) is -0.663. The smallest absolute Gasteiger partial charge is 0.249 e. The molecule has 1 amide bonds. The molecule has 0 heterocycles. The molecule has 4 nitrogen and oxygen atoms in total. The van der Waals surface area contributed by atoms with E-state index < -0.39 is 11.5 Å². The number of rotatable bonds is 1. The second kappa shape index (κ2) is 1.68. The van der Waals surface area contributed by atoms with E-state index in [0.29, 0.717) is 12.8 Å². The molecule has 5 N–H and O–H groups in total. The predicted octanol–water partition coefficient (Wildman–Crippen LogP) is -1.68. The van der Waals surface area contributed by atoms with Crippen molar-refractivity contribution in [2.45, 2.75) is 24.5 Å². The van der Waals surface area contributed by atoms with Crippen molar-refractivity contribution in [3.05, 3.63) is 0 Å². The number of amides is 1. The predicted molar refractivity (Wildman–Crippen MR) is 31.4 cm³/mol. The molecule has 1 saturated carbocycles. The van der Waals surface area contributed by atoms with E-state index in [2.05, 4.69) is 0 Å². The second-order valence-electron chi connectivity index (χ2n) is 2.56. The third-order valence-electron chi connectivity index (χ3n) is 1.66. The van der Waals surface area contributed by atoms with Gasteiger partial charge in [-0.25, -0.2) is 0 Å². The highest BCUT2D eigenvalue weighted by atomic mass is 16.3. The van der Waals surface area contributed by atoms with Gasteiger partial charge in [0.05, 0.1) is 0 Å². The normalized spacial score (nSPS) is 41.8. The van der Waals surface area contributed by atoms with Crippen LogP contribution in [0.1, 0.15) is 12.8 Å². The molecule has 1 aliphatic carbocycles. The largest absolute Gasteiger partial charge is 0.380 e. The molecule has 0 saturated heterocycles. The van der Waals surface area contributed by atoms with Crippen LogP contribution in [0.4, 0.5) is 0 Å². The summed E-state index contributed by atoms with van der Waals surface area (Å²) in [5.41, 5.74) is 8.88. The molecule has 9 heavy (non-hydrogen) atoms. The minimum absolute atomic E-state index is 0.0532. The molecule has 0 aliphatic heterocycles. The van der Waals surface area contributed by atoms with Gasteiger partial charge in [-0.3, -0.25) is 4.79 Å². The van der Waals surface area contributed by atoms with Crippen LogP contribution in [0.2, 0.25) is 0 Å². The van der Waals surface area contributed by atoms with Crippen LogP contribution in [0.3, 0.4) is 0 Å². The van der Waals surface area contributed by atoms with Crippen molar-refractivity contribution in [2.75, 3.05) is 0 Å². The maximum atomic E-state index is 10.4. The van der Waals surface area contributed by atoms with Gasteiger partial charge in [-0.15, -0.1) is 0 Å². The second-order valence-corrected chi connectivity index (χ2v) is 2.56. The van der Waals surface area contributed by atoms with Gasteiger partial charge < -0.3 is 16.6 Å². The fraction of sp³-hybridized carbons (Fsp3) is 0.800. The molecule has 1 rings (SSSR count). The molecule has 0 spiro atoms. The van der Waals surface area contributed by atoms with Crippen LogP contribution in [0, 0.1) is 0 Å². The summed E-state index contributed by atoms with van der Waals surface area (Å²) in [4.78, 5) is 10.4. The Hall–Kier alpha value is -0.610. The Morgan fingerprint density at radius 2 is 2.11 bits per heavy atom. The molecule has 0 aromatic carbocycles. The highest BCUT2D eigenvalue weighted by Gasteiger charge is 2.45. The van der Waals surface area contributed by atoms with Crippen molar-refractivity contribution in [1.29, 1.82) is 0 Å². The first-order chi connectivity index (χ1) is 4.04. The van der Waals surface area contributed by atoms with Crippen LogP contribution in [0.25, 0.3) is 0 Å². The number of nitrogens with two attached hydrogens (primary N) is 2. The Bertz CT molecular complexity index is 140. The molecule has 0 unspecified atom stereocenters. The van der Waals surface area contributed by atoms with E-state index in [1.54, 1.807) is 0 Å². The van der Waals surface area contributed by atoms with Crippen molar-refractivity contribution in [3.63, 3.8) is 0 Å². The molecule has 0 bridgehead atoms. The van der Waals surface area contributed by atoms with Gasteiger partial charge in [0.15, 0.2) is 0 Å².